The molecular formula is C16H17NO3. The second kappa shape index (κ2) is 6.21. The molecule has 0 aliphatic rings. The molecule has 0 radical (unpaired) electrons. The van der Waals surface area contributed by atoms with Crippen LogP contribution in [-0.4, -0.2) is 25.2 Å². The molecule has 2 aromatic carbocycles. The number of hydrogen-bond acceptors (Lipinski definition) is 4. The van der Waals surface area contributed by atoms with Gasteiger partial charge in [-0.3, -0.25) is 0 Å². The highest BCUT2D eigenvalue weighted by Gasteiger charge is 2.14. The van der Waals surface area contributed by atoms with Crippen LogP contribution in [0, 0.1) is 0 Å². The summed E-state index contributed by atoms with van der Waals surface area (Å²) in [5.41, 5.74) is 2.85. The summed E-state index contributed by atoms with van der Waals surface area (Å²) in [6, 6.07) is 14.3. The molecule has 4 nitrogen and oxygen atoms in total. The minimum atomic E-state index is -0.745. The van der Waals surface area contributed by atoms with Crippen molar-refractivity contribution in [3.05, 3.63) is 65.2 Å². The van der Waals surface area contributed by atoms with Crippen molar-refractivity contribution in [2.45, 2.75) is 6.10 Å². The lowest BCUT2D eigenvalue weighted by atomic mass is 9.99. The van der Waals surface area contributed by atoms with Gasteiger partial charge < -0.3 is 15.2 Å². The molecular weight excluding hydrogens is 254 g/mol. The minimum Gasteiger partial charge on any atom is -0.465 e. The van der Waals surface area contributed by atoms with Crippen LogP contribution in [0.1, 0.15) is 27.6 Å². The quantitative estimate of drug-likeness (QED) is 0.839. The molecule has 20 heavy (non-hydrogen) atoms. The Bertz CT molecular complexity index is 593. The number of ether oxygens (including phenoxy) is 1. The van der Waals surface area contributed by atoms with Crippen LogP contribution in [0.3, 0.4) is 0 Å². The molecule has 0 aliphatic heterocycles. The van der Waals surface area contributed by atoms with Crippen LogP contribution in [0.5, 0.6) is 0 Å². The lowest BCUT2D eigenvalue weighted by Crippen LogP contribution is -2.05. The summed E-state index contributed by atoms with van der Waals surface area (Å²) in [7, 11) is 3.15. The summed E-state index contributed by atoms with van der Waals surface area (Å²) in [5.74, 6) is -0.387. The second-order valence-electron chi connectivity index (χ2n) is 4.35. The molecule has 104 valence electrons. The molecule has 2 aromatic rings. The number of methoxy groups -OCH3 is 1. The molecule has 1 unspecified atom stereocenters. The van der Waals surface area contributed by atoms with E-state index in [0.29, 0.717) is 5.56 Å². The van der Waals surface area contributed by atoms with E-state index in [1.54, 1.807) is 24.3 Å². The fraction of sp³-hybridized carbons (Fsp3) is 0.188. The van der Waals surface area contributed by atoms with Crippen molar-refractivity contribution in [1.82, 2.24) is 0 Å². The first-order chi connectivity index (χ1) is 9.67. The number of anilines is 1. The zero-order valence-corrected chi connectivity index (χ0v) is 11.5. The van der Waals surface area contributed by atoms with Gasteiger partial charge in [-0.2, -0.15) is 0 Å². The molecule has 0 saturated heterocycles. The summed E-state index contributed by atoms with van der Waals surface area (Å²) in [6.45, 7) is 0. The van der Waals surface area contributed by atoms with E-state index in [4.69, 9.17) is 0 Å². The van der Waals surface area contributed by atoms with Crippen molar-refractivity contribution in [3.8, 4) is 0 Å². The highest BCUT2D eigenvalue weighted by Crippen LogP contribution is 2.28. The molecule has 0 fully saturated rings. The topological polar surface area (TPSA) is 58.6 Å². The van der Waals surface area contributed by atoms with E-state index in [2.05, 4.69) is 10.1 Å². The van der Waals surface area contributed by atoms with Crippen LogP contribution in [0.25, 0.3) is 0 Å². The number of aliphatic hydroxyl groups is 1. The molecule has 0 aromatic heterocycles. The number of nitrogens with one attached hydrogen (secondary N) is 1. The summed E-state index contributed by atoms with van der Waals surface area (Å²) >= 11 is 0. The first kappa shape index (κ1) is 14.1. The van der Waals surface area contributed by atoms with Crippen LogP contribution in [0.4, 0.5) is 5.69 Å². The van der Waals surface area contributed by atoms with Gasteiger partial charge in [-0.1, -0.05) is 30.3 Å². The predicted octanol–water partition coefficient (Wildman–Crippen LogP) is 2.60. The van der Waals surface area contributed by atoms with E-state index >= 15 is 0 Å². The summed E-state index contributed by atoms with van der Waals surface area (Å²) in [6.07, 6.45) is -0.745. The lowest BCUT2D eigenvalue weighted by molar-refractivity contribution is 0.0600. The predicted molar refractivity (Wildman–Crippen MR) is 77.8 cm³/mol. The molecule has 0 bridgehead atoms. The van der Waals surface area contributed by atoms with Crippen molar-refractivity contribution in [2.24, 2.45) is 0 Å². The van der Waals surface area contributed by atoms with E-state index in [0.717, 1.165) is 16.8 Å². The number of aliphatic hydroxyl groups excluding tert-OH is 1. The fourth-order valence-corrected chi connectivity index (χ4v) is 2.06. The molecule has 0 heterocycles. The van der Waals surface area contributed by atoms with E-state index in [-0.39, 0.29) is 5.97 Å². The number of carbonyl (C=O) groups is 1. The van der Waals surface area contributed by atoms with Crippen molar-refractivity contribution >= 4 is 11.7 Å². The number of carbonyl (C=O) groups excluding carboxylic acids is 1. The molecule has 0 amide bonds. The number of esters is 1. The van der Waals surface area contributed by atoms with Crippen molar-refractivity contribution in [2.75, 3.05) is 19.5 Å². The van der Waals surface area contributed by atoms with Gasteiger partial charge in [0.25, 0.3) is 0 Å². The van der Waals surface area contributed by atoms with Gasteiger partial charge in [0.2, 0.25) is 0 Å². The fourth-order valence-electron chi connectivity index (χ4n) is 2.06. The smallest absolute Gasteiger partial charge is 0.337 e. The third kappa shape index (κ3) is 2.81. The number of benzene rings is 2. The maximum Gasteiger partial charge on any atom is 0.337 e. The highest BCUT2D eigenvalue weighted by molar-refractivity contribution is 5.89. The zero-order valence-electron chi connectivity index (χ0n) is 11.5. The molecule has 2 rings (SSSR count). The van der Waals surface area contributed by atoms with Gasteiger partial charge in [-0.05, 0) is 23.8 Å². The maximum atomic E-state index is 11.4. The van der Waals surface area contributed by atoms with E-state index in [1.165, 1.54) is 7.11 Å². The Labute approximate surface area is 118 Å². The number of para-hydroxylation sites is 1. The molecule has 0 saturated carbocycles. The Morgan fingerprint density at radius 2 is 1.80 bits per heavy atom. The monoisotopic (exact) mass is 271 g/mol. The Balaban J connectivity index is 2.29. The summed E-state index contributed by atoms with van der Waals surface area (Å²) in [4.78, 5) is 11.4. The molecule has 4 heteroatoms. The number of rotatable bonds is 4. The van der Waals surface area contributed by atoms with Gasteiger partial charge in [0.05, 0.1) is 12.7 Å². The van der Waals surface area contributed by atoms with E-state index in [1.807, 2.05) is 31.3 Å². The molecule has 2 N–H and O–H groups in total. The second-order valence-corrected chi connectivity index (χ2v) is 4.35. The highest BCUT2D eigenvalue weighted by atomic mass is 16.5. The van der Waals surface area contributed by atoms with E-state index < -0.39 is 6.10 Å². The summed E-state index contributed by atoms with van der Waals surface area (Å²) in [5, 5.41) is 13.5. The van der Waals surface area contributed by atoms with Crippen LogP contribution in [0.15, 0.2) is 48.5 Å². The Kier molecular flexibility index (Phi) is 4.38. The van der Waals surface area contributed by atoms with Crippen molar-refractivity contribution < 1.29 is 14.6 Å². The number of hydrogen-bond donors (Lipinski definition) is 2. The zero-order chi connectivity index (χ0) is 14.5. The Hall–Kier alpha value is -2.33. The average Bonchev–Trinajstić information content (AvgIpc) is 2.53. The van der Waals surface area contributed by atoms with Crippen molar-refractivity contribution in [1.29, 1.82) is 0 Å². The minimum absolute atomic E-state index is 0.387. The average molecular weight is 271 g/mol. The van der Waals surface area contributed by atoms with E-state index in [9.17, 15) is 9.90 Å². The standard InChI is InChI=1S/C16H17NO3/c1-17-14-6-4-3-5-13(14)15(18)11-7-9-12(10-8-11)16(19)20-2/h3-10,15,17-18H,1-2H3. The van der Waals surface area contributed by atoms with Gasteiger partial charge >= 0.3 is 5.97 Å². The van der Waals surface area contributed by atoms with Gasteiger partial charge in [0.1, 0.15) is 6.10 Å². The Morgan fingerprint density at radius 1 is 1.15 bits per heavy atom. The van der Waals surface area contributed by atoms with Crippen LogP contribution < -0.4 is 5.32 Å². The van der Waals surface area contributed by atoms with Gasteiger partial charge in [-0.25, -0.2) is 4.79 Å². The van der Waals surface area contributed by atoms with Crippen LogP contribution in [-0.2, 0) is 4.74 Å². The summed E-state index contributed by atoms with van der Waals surface area (Å²) < 4.78 is 4.65. The first-order valence-electron chi connectivity index (χ1n) is 6.30. The van der Waals surface area contributed by atoms with Crippen LogP contribution >= 0.6 is 0 Å². The maximum absolute atomic E-state index is 11.4. The molecule has 0 spiro atoms. The first-order valence-corrected chi connectivity index (χ1v) is 6.30. The largest absolute Gasteiger partial charge is 0.465 e. The normalized spacial score (nSPS) is 11.8. The Morgan fingerprint density at radius 3 is 2.40 bits per heavy atom. The molecule has 1 atom stereocenters. The van der Waals surface area contributed by atoms with Crippen molar-refractivity contribution in [3.63, 3.8) is 0 Å². The molecule has 0 aliphatic carbocycles. The third-order valence-corrected chi connectivity index (χ3v) is 3.17. The van der Waals surface area contributed by atoms with Gasteiger partial charge in [-0.15, -0.1) is 0 Å². The third-order valence-electron chi connectivity index (χ3n) is 3.17. The van der Waals surface area contributed by atoms with Gasteiger partial charge in [0, 0.05) is 18.3 Å². The SMILES string of the molecule is CNc1ccccc1C(O)c1ccc(C(=O)OC)cc1. The van der Waals surface area contributed by atoms with Crippen LogP contribution in [0.2, 0.25) is 0 Å². The van der Waals surface area contributed by atoms with Gasteiger partial charge in [0.15, 0.2) is 0 Å². The lowest BCUT2D eigenvalue weighted by Gasteiger charge is -2.16.